The van der Waals surface area contributed by atoms with E-state index in [9.17, 15) is 0 Å². The van der Waals surface area contributed by atoms with E-state index in [2.05, 4.69) is 146 Å². The molecule has 0 heterocycles. The van der Waals surface area contributed by atoms with E-state index >= 15 is 0 Å². The van der Waals surface area contributed by atoms with Gasteiger partial charge in [0, 0.05) is 33.3 Å². The molecule has 57 heavy (non-hydrogen) atoms. The summed E-state index contributed by atoms with van der Waals surface area (Å²) in [7, 11) is 0. The molecule has 15 rings (SSSR count). The van der Waals surface area contributed by atoms with Gasteiger partial charge in [-0.2, -0.15) is 0 Å². The Balaban J connectivity index is 0.998. The SMILES string of the molecule is CC1(C)c2ccccc2-c2ccc(N(c3ccc4c(c3)C3(CC5CCC3C5)c3ccccc3-4)c3ccc4c(c3)C3(c5ccccc5-4)C4CC5CC(C4)CC3C5)cc21. The third-order valence-electron chi connectivity index (χ3n) is 17.9. The fraction of sp³-hybridized carbons (Fsp3) is 0.357. The van der Waals surface area contributed by atoms with Gasteiger partial charge in [0.15, 0.2) is 0 Å². The van der Waals surface area contributed by atoms with Crippen LogP contribution in [0.25, 0.3) is 33.4 Å². The predicted molar refractivity (Wildman–Crippen MR) is 234 cm³/mol. The molecule has 3 unspecified atom stereocenters. The van der Waals surface area contributed by atoms with Gasteiger partial charge in [0.25, 0.3) is 0 Å². The van der Waals surface area contributed by atoms with Crippen LogP contribution in [0.3, 0.4) is 0 Å². The molecule has 6 saturated carbocycles. The largest absolute Gasteiger partial charge is 0.310 e. The van der Waals surface area contributed by atoms with E-state index in [1.54, 1.807) is 22.3 Å². The van der Waals surface area contributed by atoms with Crippen molar-refractivity contribution in [2.24, 2.45) is 35.5 Å². The Bertz CT molecular complexity index is 2700. The molecule has 6 aromatic carbocycles. The summed E-state index contributed by atoms with van der Waals surface area (Å²) in [6.07, 6.45) is 12.6. The van der Waals surface area contributed by atoms with Gasteiger partial charge in [-0.15, -0.1) is 0 Å². The maximum absolute atomic E-state index is 2.71. The molecule has 9 aliphatic rings. The highest BCUT2D eigenvalue weighted by molar-refractivity contribution is 5.91. The number of hydrogen-bond donors (Lipinski definition) is 0. The zero-order valence-electron chi connectivity index (χ0n) is 33.4. The van der Waals surface area contributed by atoms with Crippen LogP contribution in [0.4, 0.5) is 17.1 Å². The van der Waals surface area contributed by atoms with Gasteiger partial charge < -0.3 is 4.90 Å². The number of rotatable bonds is 3. The van der Waals surface area contributed by atoms with Gasteiger partial charge in [0.2, 0.25) is 0 Å². The van der Waals surface area contributed by atoms with Crippen LogP contribution in [0.2, 0.25) is 0 Å². The molecule has 0 amide bonds. The highest BCUT2D eigenvalue weighted by Gasteiger charge is 2.62. The van der Waals surface area contributed by atoms with Crippen molar-refractivity contribution in [2.75, 3.05) is 4.90 Å². The second kappa shape index (κ2) is 10.8. The predicted octanol–water partition coefficient (Wildman–Crippen LogP) is 14.3. The minimum absolute atomic E-state index is 0.0651. The summed E-state index contributed by atoms with van der Waals surface area (Å²) < 4.78 is 0. The van der Waals surface area contributed by atoms with Gasteiger partial charge in [-0.3, -0.25) is 0 Å². The van der Waals surface area contributed by atoms with Gasteiger partial charge in [-0.25, -0.2) is 0 Å². The van der Waals surface area contributed by atoms with E-state index in [1.165, 1.54) is 119 Å². The molecule has 1 heteroatoms. The third kappa shape index (κ3) is 3.84. The first-order valence-corrected chi connectivity index (χ1v) is 22.5. The van der Waals surface area contributed by atoms with Crippen molar-refractivity contribution in [1.82, 2.24) is 0 Å². The first-order chi connectivity index (χ1) is 27.9. The minimum Gasteiger partial charge on any atom is -0.310 e. The van der Waals surface area contributed by atoms with Crippen LogP contribution in [0.1, 0.15) is 105 Å². The van der Waals surface area contributed by atoms with E-state index in [4.69, 9.17) is 0 Å². The van der Waals surface area contributed by atoms with Crippen molar-refractivity contribution in [3.63, 3.8) is 0 Å². The Morgan fingerprint density at radius 3 is 1.49 bits per heavy atom. The van der Waals surface area contributed by atoms with Crippen LogP contribution < -0.4 is 4.90 Å². The molecule has 0 radical (unpaired) electrons. The zero-order valence-corrected chi connectivity index (χ0v) is 33.4. The lowest BCUT2D eigenvalue weighted by Crippen LogP contribution is -2.55. The number of hydrogen-bond acceptors (Lipinski definition) is 1. The average molecular weight is 738 g/mol. The molecule has 6 aromatic rings. The Hall–Kier alpha value is -4.88. The molecule has 0 saturated heterocycles. The van der Waals surface area contributed by atoms with Crippen LogP contribution in [-0.4, -0.2) is 0 Å². The maximum Gasteiger partial charge on any atom is 0.0465 e. The Morgan fingerprint density at radius 1 is 0.404 bits per heavy atom. The summed E-state index contributed by atoms with van der Waals surface area (Å²) in [6, 6.07) is 51.0. The molecular weight excluding hydrogens is 687 g/mol. The molecule has 2 spiro atoms. The van der Waals surface area contributed by atoms with E-state index in [1.807, 2.05) is 0 Å². The normalized spacial score (nSPS) is 31.7. The molecular formula is C56H51N. The number of anilines is 3. The van der Waals surface area contributed by atoms with Crippen LogP contribution >= 0.6 is 0 Å². The van der Waals surface area contributed by atoms with Gasteiger partial charge in [-0.05, 0) is 190 Å². The molecule has 6 fully saturated rings. The van der Waals surface area contributed by atoms with Crippen LogP contribution in [0.15, 0.2) is 127 Å². The number of benzene rings is 6. The Kier molecular flexibility index (Phi) is 6.08. The molecule has 0 N–H and O–H groups in total. The quantitative estimate of drug-likeness (QED) is 0.175. The van der Waals surface area contributed by atoms with Gasteiger partial charge in [0.05, 0.1) is 0 Å². The summed E-state index contributed by atoms with van der Waals surface area (Å²) in [4.78, 5) is 2.68. The second-order valence-electron chi connectivity index (χ2n) is 20.5. The van der Waals surface area contributed by atoms with Crippen molar-refractivity contribution in [2.45, 2.75) is 87.9 Å². The van der Waals surface area contributed by atoms with Crippen LogP contribution in [0.5, 0.6) is 0 Å². The van der Waals surface area contributed by atoms with Gasteiger partial charge >= 0.3 is 0 Å². The topological polar surface area (TPSA) is 3.24 Å². The highest BCUT2D eigenvalue weighted by atomic mass is 15.1. The third-order valence-corrected chi connectivity index (χ3v) is 17.9. The number of nitrogens with zero attached hydrogens (tertiary/aromatic N) is 1. The monoisotopic (exact) mass is 737 g/mol. The van der Waals surface area contributed by atoms with Crippen LogP contribution in [0, 0.1) is 35.5 Å². The Labute approximate surface area is 338 Å². The summed E-state index contributed by atoms with van der Waals surface area (Å²) in [5.41, 5.74) is 22.2. The van der Waals surface area contributed by atoms with E-state index in [0.29, 0.717) is 0 Å². The van der Waals surface area contributed by atoms with Crippen molar-refractivity contribution < 1.29 is 0 Å². The van der Waals surface area contributed by atoms with Crippen molar-refractivity contribution in [1.29, 1.82) is 0 Å². The standard InChI is InChI=1S/C56H51N/c1-54(2)48-12-6-3-9-42(48)45-20-17-39(29-51(45)54)57(40-18-21-46-43-10-4-7-13-49(43)55(52(46)30-40)32-33-15-16-36(55)24-33)41-19-22-47-44-11-5-8-14-50(44)56(53(47)31-41)37-25-34-23-35(27-37)28-38(56)26-34/h3-14,17-22,29-31,33-38H,15-16,23-28,32H2,1-2H3. The second-order valence-corrected chi connectivity index (χ2v) is 20.5. The summed E-state index contributed by atoms with van der Waals surface area (Å²) >= 11 is 0. The number of fused-ring (bicyclic) bond motifs is 14. The molecule has 280 valence electrons. The van der Waals surface area contributed by atoms with Gasteiger partial charge in [-0.1, -0.05) is 111 Å². The lowest BCUT2D eigenvalue weighted by molar-refractivity contribution is -0.0399. The summed E-state index contributed by atoms with van der Waals surface area (Å²) in [6.45, 7) is 4.86. The minimum atomic E-state index is -0.0651. The molecule has 3 atom stereocenters. The van der Waals surface area contributed by atoms with Crippen molar-refractivity contribution >= 4 is 17.1 Å². The van der Waals surface area contributed by atoms with Crippen molar-refractivity contribution in [3.8, 4) is 33.4 Å². The van der Waals surface area contributed by atoms with Crippen LogP contribution in [-0.2, 0) is 16.2 Å². The van der Waals surface area contributed by atoms with Crippen molar-refractivity contribution in [3.05, 3.63) is 161 Å². The molecule has 9 aliphatic carbocycles. The van der Waals surface area contributed by atoms with E-state index in [-0.39, 0.29) is 16.2 Å². The molecule has 1 nitrogen and oxygen atoms in total. The summed E-state index contributed by atoms with van der Waals surface area (Å²) in [5.74, 6) is 4.95. The first kappa shape index (κ1) is 32.1. The molecule has 0 aromatic heterocycles. The van der Waals surface area contributed by atoms with E-state index < -0.39 is 0 Å². The smallest absolute Gasteiger partial charge is 0.0465 e. The fourth-order valence-electron chi connectivity index (χ4n) is 16.1. The summed E-state index contributed by atoms with van der Waals surface area (Å²) in [5, 5.41) is 0. The van der Waals surface area contributed by atoms with Gasteiger partial charge in [0.1, 0.15) is 0 Å². The lowest BCUT2D eigenvalue weighted by atomic mass is 9.43. The first-order valence-electron chi connectivity index (χ1n) is 22.5. The Morgan fingerprint density at radius 2 is 0.877 bits per heavy atom. The molecule has 0 aliphatic heterocycles. The maximum atomic E-state index is 2.71. The molecule has 6 bridgehead atoms. The lowest BCUT2D eigenvalue weighted by Gasteiger charge is -2.61. The fourth-order valence-corrected chi connectivity index (χ4v) is 16.1. The average Bonchev–Trinajstić information content (AvgIpc) is 4.03. The van der Waals surface area contributed by atoms with E-state index in [0.717, 1.165) is 35.5 Å². The highest BCUT2D eigenvalue weighted by Crippen LogP contribution is 2.70. The zero-order chi connectivity index (χ0) is 37.4.